The van der Waals surface area contributed by atoms with Gasteiger partial charge in [-0.2, -0.15) is 0 Å². The highest BCUT2D eigenvalue weighted by Gasteiger charge is 2.37. The minimum Gasteiger partial charge on any atom is -0.497 e. The molecule has 3 aromatic rings. The number of carbonyl (C=O) groups excluding carboxylic acids is 1. The second kappa shape index (κ2) is 8.83. The van der Waals surface area contributed by atoms with Gasteiger partial charge in [-0.25, -0.2) is 0 Å². The molecule has 0 fully saturated rings. The van der Waals surface area contributed by atoms with Crippen LogP contribution in [0.5, 0.6) is 5.75 Å². The second-order valence-corrected chi connectivity index (χ2v) is 8.81. The molecule has 1 aliphatic carbocycles. The fourth-order valence-electron chi connectivity index (χ4n) is 4.70. The number of anilines is 2. The molecule has 3 aromatic carbocycles. The number of non-ortho nitro benzene ring substituents is 1. The van der Waals surface area contributed by atoms with Crippen molar-refractivity contribution < 1.29 is 14.5 Å². The summed E-state index contributed by atoms with van der Waals surface area (Å²) in [6.45, 7) is 0. The summed E-state index contributed by atoms with van der Waals surface area (Å²) in [5.41, 5.74) is 4.45. The number of Topliss-reactive ketones (excluding diaryl/α,β-unsaturated/α-hetero) is 1. The van der Waals surface area contributed by atoms with Crippen molar-refractivity contribution in [3.8, 4) is 5.75 Å². The van der Waals surface area contributed by atoms with Crippen molar-refractivity contribution in [1.82, 2.24) is 0 Å². The van der Waals surface area contributed by atoms with Crippen LogP contribution in [0.1, 0.15) is 35.9 Å². The standard InChI is InChI=1S/C26H22ClN3O4/c1-34-18-9-6-15(7-10-18)16-12-23-25(24(31)13-16)26(29-22-5-3-2-4-21(22)28-23)19-14-17(30(32)33)8-11-20(19)27/h2-11,14,16,26,28-29H,12-13H2,1H3/t16-,26+/m0/s1. The Kier molecular flexibility index (Phi) is 5.71. The number of fused-ring (bicyclic) bond motifs is 1. The summed E-state index contributed by atoms with van der Waals surface area (Å²) >= 11 is 6.52. The Morgan fingerprint density at radius 3 is 2.47 bits per heavy atom. The van der Waals surface area contributed by atoms with Crippen LogP contribution in [-0.4, -0.2) is 17.8 Å². The van der Waals surface area contributed by atoms with Crippen LogP contribution in [0.15, 0.2) is 78.0 Å². The van der Waals surface area contributed by atoms with Gasteiger partial charge in [0.15, 0.2) is 5.78 Å². The smallest absolute Gasteiger partial charge is 0.269 e. The Balaban J connectivity index is 1.62. The first-order chi connectivity index (χ1) is 16.4. The first kappa shape index (κ1) is 22.0. The largest absolute Gasteiger partial charge is 0.497 e. The molecule has 8 heteroatoms. The molecule has 0 radical (unpaired) electrons. The number of hydrogen-bond acceptors (Lipinski definition) is 6. The first-order valence-electron chi connectivity index (χ1n) is 10.9. The van der Waals surface area contributed by atoms with Gasteiger partial charge in [0.25, 0.3) is 5.69 Å². The van der Waals surface area contributed by atoms with E-state index < -0.39 is 11.0 Å². The maximum atomic E-state index is 13.6. The van der Waals surface area contributed by atoms with Gasteiger partial charge in [-0.3, -0.25) is 14.9 Å². The zero-order valence-corrected chi connectivity index (χ0v) is 19.1. The predicted octanol–water partition coefficient (Wildman–Crippen LogP) is 6.24. The lowest BCUT2D eigenvalue weighted by molar-refractivity contribution is -0.384. The van der Waals surface area contributed by atoms with Gasteiger partial charge in [0.05, 0.1) is 29.4 Å². The number of allylic oxidation sites excluding steroid dienone is 1. The monoisotopic (exact) mass is 475 g/mol. The van der Waals surface area contributed by atoms with Gasteiger partial charge in [-0.1, -0.05) is 35.9 Å². The Morgan fingerprint density at radius 1 is 1.03 bits per heavy atom. The number of ether oxygens (including phenoxy) is 1. The molecule has 0 unspecified atom stereocenters. The van der Waals surface area contributed by atoms with Crippen LogP contribution in [0.4, 0.5) is 17.1 Å². The number of carbonyl (C=O) groups is 1. The van der Waals surface area contributed by atoms with Gasteiger partial charge in [0.1, 0.15) is 5.75 Å². The summed E-state index contributed by atoms with van der Waals surface area (Å²) < 4.78 is 5.26. The lowest BCUT2D eigenvalue weighted by Gasteiger charge is -2.30. The molecule has 5 rings (SSSR count). The third kappa shape index (κ3) is 3.99. The summed E-state index contributed by atoms with van der Waals surface area (Å²) in [5.74, 6) is 0.732. The molecule has 2 N–H and O–H groups in total. The number of nitro benzene ring substituents is 1. The number of hydrogen-bond donors (Lipinski definition) is 2. The fourth-order valence-corrected chi connectivity index (χ4v) is 4.93. The number of benzene rings is 3. The molecule has 0 bridgehead atoms. The number of rotatable bonds is 4. The number of ketones is 1. The summed E-state index contributed by atoms with van der Waals surface area (Å²) in [6.07, 6.45) is 0.945. The van der Waals surface area contributed by atoms with E-state index in [1.807, 2.05) is 48.5 Å². The quantitative estimate of drug-likeness (QED) is 0.343. The Bertz CT molecular complexity index is 1320. The van der Waals surface area contributed by atoms with Crippen molar-refractivity contribution in [3.63, 3.8) is 0 Å². The molecule has 0 saturated carbocycles. The van der Waals surface area contributed by atoms with E-state index >= 15 is 0 Å². The van der Waals surface area contributed by atoms with E-state index in [0.717, 1.165) is 28.4 Å². The Hall–Kier alpha value is -3.84. The lowest BCUT2D eigenvalue weighted by Crippen LogP contribution is -2.27. The Morgan fingerprint density at radius 2 is 1.76 bits per heavy atom. The SMILES string of the molecule is COc1ccc([C@@H]2CC(=O)C3=C(C2)Nc2ccccc2N[C@@H]3c2cc([N+](=O)[O-])ccc2Cl)cc1. The topological polar surface area (TPSA) is 93.5 Å². The second-order valence-electron chi connectivity index (χ2n) is 8.40. The van der Waals surface area contributed by atoms with Crippen LogP contribution in [0.2, 0.25) is 5.02 Å². The zero-order chi connectivity index (χ0) is 23.8. The molecule has 1 aliphatic heterocycles. The van der Waals surface area contributed by atoms with Crippen LogP contribution in [-0.2, 0) is 4.79 Å². The van der Waals surface area contributed by atoms with Crippen LogP contribution in [0.25, 0.3) is 0 Å². The predicted molar refractivity (Wildman–Crippen MR) is 132 cm³/mol. The van der Waals surface area contributed by atoms with E-state index in [1.54, 1.807) is 7.11 Å². The van der Waals surface area contributed by atoms with E-state index in [9.17, 15) is 14.9 Å². The number of nitrogens with zero attached hydrogens (tertiary/aromatic N) is 1. The van der Waals surface area contributed by atoms with Crippen molar-refractivity contribution >= 4 is 34.4 Å². The molecule has 34 heavy (non-hydrogen) atoms. The highest BCUT2D eigenvalue weighted by molar-refractivity contribution is 6.31. The van der Waals surface area contributed by atoms with E-state index in [0.29, 0.717) is 29.0 Å². The van der Waals surface area contributed by atoms with E-state index in [2.05, 4.69) is 10.6 Å². The maximum Gasteiger partial charge on any atom is 0.269 e. The first-order valence-corrected chi connectivity index (χ1v) is 11.3. The van der Waals surface area contributed by atoms with E-state index in [4.69, 9.17) is 16.3 Å². The van der Waals surface area contributed by atoms with Crippen LogP contribution in [0, 0.1) is 10.1 Å². The molecular formula is C26H22ClN3O4. The molecule has 0 amide bonds. The highest BCUT2D eigenvalue weighted by atomic mass is 35.5. The molecule has 0 aromatic heterocycles. The average Bonchev–Trinajstić information content (AvgIpc) is 3.01. The minimum atomic E-state index is -0.622. The molecule has 2 aliphatic rings. The third-order valence-corrected chi connectivity index (χ3v) is 6.74. The normalized spacial score (nSPS) is 19.3. The lowest BCUT2D eigenvalue weighted by atomic mass is 9.78. The van der Waals surface area contributed by atoms with Gasteiger partial charge in [-0.05, 0) is 48.2 Å². The van der Waals surface area contributed by atoms with Crippen LogP contribution < -0.4 is 15.4 Å². The summed E-state index contributed by atoms with van der Waals surface area (Å²) in [4.78, 5) is 24.6. The zero-order valence-electron chi connectivity index (χ0n) is 18.4. The van der Waals surface area contributed by atoms with Crippen molar-refractivity contribution in [3.05, 3.63) is 104 Å². The molecule has 172 valence electrons. The minimum absolute atomic E-state index is 0.00357. The molecule has 7 nitrogen and oxygen atoms in total. The molecular weight excluding hydrogens is 454 g/mol. The fraction of sp³-hybridized carbons (Fsp3) is 0.192. The van der Waals surface area contributed by atoms with Crippen LogP contribution in [0.3, 0.4) is 0 Å². The number of para-hydroxylation sites is 2. The summed E-state index contributed by atoms with van der Waals surface area (Å²) in [7, 11) is 1.62. The summed E-state index contributed by atoms with van der Waals surface area (Å²) in [6, 6.07) is 19.1. The maximum absolute atomic E-state index is 13.6. The number of nitro groups is 1. The third-order valence-electron chi connectivity index (χ3n) is 6.40. The highest BCUT2D eigenvalue weighted by Crippen LogP contribution is 2.45. The van der Waals surface area contributed by atoms with Crippen LogP contribution >= 0.6 is 11.6 Å². The average molecular weight is 476 g/mol. The summed E-state index contributed by atoms with van der Waals surface area (Å²) in [5, 5.41) is 18.7. The van der Waals surface area contributed by atoms with Crippen molar-refractivity contribution in [1.29, 1.82) is 0 Å². The van der Waals surface area contributed by atoms with Gasteiger partial charge in [0, 0.05) is 40.4 Å². The van der Waals surface area contributed by atoms with E-state index in [1.165, 1.54) is 18.2 Å². The van der Waals surface area contributed by atoms with Crippen molar-refractivity contribution in [2.45, 2.75) is 24.8 Å². The van der Waals surface area contributed by atoms with Gasteiger partial charge in [0.2, 0.25) is 0 Å². The molecule has 1 heterocycles. The van der Waals surface area contributed by atoms with Crippen molar-refractivity contribution in [2.75, 3.05) is 17.7 Å². The van der Waals surface area contributed by atoms with E-state index in [-0.39, 0.29) is 17.4 Å². The molecule has 0 saturated heterocycles. The van der Waals surface area contributed by atoms with Gasteiger partial charge >= 0.3 is 0 Å². The molecule has 0 spiro atoms. The number of methoxy groups -OCH3 is 1. The molecule has 2 atom stereocenters. The Labute approximate surface area is 201 Å². The number of halogens is 1. The van der Waals surface area contributed by atoms with Gasteiger partial charge < -0.3 is 15.4 Å². The van der Waals surface area contributed by atoms with Gasteiger partial charge in [-0.15, -0.1) is 0 Å². The number of nitrogens with one attached hydrogen (secondary N) is 2. The van der Waals surface area contributed by atoms with Crippen molar-refractivity contribution in [2.24, 2.45) is 0 Å².